The molecule has 1 aromatic heterocycles. The van der Waals surface area contributed by atoms with E-state index in [0.717, 1.165) is 18.7 Å². The highest BCUT2D eigenvalue weighted by molar-refractivity contribution is 5.67. The van der Waals surface area contributed by atoms with E-state index in [1.807, 2.05) is 38.6 Å². The van der Waals surface area contributed by atoms with Crippen LogP contribution in [-0.4, -0.2) is 39.5 Å². The molecule has 0 aliphatic heterocycles. The summed E-state index contributed by atoms with van der Waals surface area (Å²) in [5, 5.41) is 12.0. The minimum Gasteiger partial charge on any atom is -0.444 e. The Morgan fingerprint density at radius 3 is 2.75 bits per heavy atom. The second kappa shape index (κ2) is 7.28. The third-order valence-electron chi connectivity index (χ3n) is 2.89. The molecule has 0 radical (unpaired) electrons. The molecule has 0 saturated heterocycles. The number of hydrogen-bond acceptors (Lipinski definition) is 4. The van der Waals surface area contributed by atoms with E-state index in [1.165, 1.54) is 0 Å². The summed E-state index contributed by atoms with van der Waals surface area (Å²) in [7, 11) is 1.94. The van der Waals surface area contributed by atoms with Crippen LogP contribution in [-0.2, 0) is 18.2 Å². The first-order valence-corrected chi connectivity index (χ1v) is 6.85. The Morgan fingerprint density at radius 2 is 2.25 bits per heavy atom. The highest BCUT2D eigenvalue weighted by atomic mass is 16.6. The largest absolute Gasteiger partial charge is 0.444 e. The zero-order valence-corrected chi connectivity index (χ0v) is 12.7. The minimum atomic E-state index is -0.508. The van der Waals surface area contributed by atoms with E-state index in [4.69, 9.17) is 4.74 Å². The first-order chi connectivity index (χ1) is 9.31. The summed E-state index contributed by atoms with van der Waals surface area (Å²) in [5.41, 5.74) is -0.508. The Hall–Kier alpha value is -1.56. The number of nitrogens with zero attached hydrogens (tertiary/aromatic N) is 2. The zero-order chi connectivity index (χ0) is 15.2. The predicted molar refractivity (Wildman–Crippen MR) is 76.3 cm³/mol. The maximum atomic E-state index is 11.5. The van der Waals surface area contributed by atoms with Crippen molar-refractivity contribution in [1.29, 1.82) is 0 Å². The van der Waals surface area contributed by atoms with Crippen LogP contribution in [0.15, 0.2) is 12.4 Å². The summed E-state index contributed by atoms with van der Waals surface area (Å²) in [6, 6.07) is 0. The number of nitrogens with one attached hydrogen (secondary N) is 1. The van der Waals surface area contributed by atoms with Crippen molar-refractivity contribution >= 4 is 6.09 Å². The van der Waals surface area contributed by atoms with Gasteiger partial charge in [-0.15, -0.1) is 0 Å². The van der Waals surface area contributed by atoms with Gasteiger partial charge in [-0.1, -0.05) is 0 Å². The lowest BCUT2D eigenvalue weighted by molar-refractivity contribution is 0.0511. The monoisotopic (exact) mass is 283 g/mol. The number of aromatic nitrogens is 2. The second-order valence-electron chi connectivity index (χ2n) is 5.92. The third kappa shape index (κ3) is 6.06. The molecular weight excluding hydrogens is 258 g/mol. The standard InChI is InChI=1S/C14H25N3O3/c1-14(2,3)20-13(19)16-9-11(10-18)5-6-12-15-7-8-17(12)4/h7-8,11,18H,5-6,9-10H2,1-4H3,(H,16,19). The van der Waals surface area contributed by atoms with Gasteiger partial charge in [-0.2, -0.15) is 0 Å². The number of rotatable bonds is 6. The summed E-state index contributed by atoms with van der Waals surface area (Å²) in [6.07, 6.45) is 4.72. The zero-order valence-electron chi connectivity index (χ0n) is 12.7. The highest BCUT2D eigenvalue weighted by Gasteiger charge is 2.17. The number of alkyl carbamates (subject to hydrolysis) is 1. The van der Waals surface area contributed by atoms with Crippen molar-refractivity contribution in [2.45, 2.75) is 39.2 Å². The van der Waals surface area contributed by atoms with Crippen molar-refractivity contribution in [3.63, 3.8) is 0 Å². The van der Waals surface area contributed by atoms with E-state index in [-0.39, 0.29) is 12.5 Å². The second-order valence-corrected chi connectivity index (χ2v) is 5.92. The van der Waals surface area contributed by atoms with E-state index in [0.29, 0.717) is 6.54 Å². The third-order valence-corrected chi connectivity index (χ3v) is 2.89. The first-order valence-electron chi connectivity index (χ1n) is 6.85. The molecule has 0 saturated carbocycles. The number of aliphatic hydroxyl groups is 1. The molecule has 0 aliphatic carbocycles. The predicted octanol–water partition coefficient (Wildman–Crippen LogP) is 1.49. The van der Waals surface area contributed by atoms with Gasteiger partial charge < -0.3 is 19.7 Å². The Bertz CT molecular complexity index is 424. The molecule has 6 nitrogen and oxygen atoms in total. The van der Waals surface area contributed by atoms with Crippen LogP contribution in [0.5, 0.6) is 0 Å². The molecule has 1 rings (SSSR count). The summed E-state index contributed by atoms with van der Waals surface area (Å²) >= 11 is 0. The normalized spacial score (nSPS) is 13.1. The molecule has 1 aromatic rings. The number of ether oxygens (including phenoxy) is 1. The maximum absolute atomic E-state index is 11.5. The van der Waals surface area contributed by atoms with Gasteiger partial charge in [-0.05, 0) is 33.1 Å². The molecule has 0 bridgehead atoms. The molecule has 0 aliphatic rings. The molecule has 0 spiro atoms. The number of carbonyl (C=O) groups is 1. The van der Waals surface area contributed by atoms with Crippen molar-refractivity contribution in [2.75, 3.05) is 13.2 Å². The Balaban J connectivity index is 2.33. The summed E-state index contributed by atoms with van der Waals surface area (Å²) in [6.45, 7) is 5.88. The number of carbonyl (C=O) groups excluding carboxylic acids is 1. The van der Waals surface area contributed by atoms with Crippen LogP contribution in [0.3, 0.4) is 0 Å². The Kier molecular flexibility index (Phi) is 6.01. The van der Waals surface area contributed by atoms with Crippen molar-refractivity contribution in [3.8, 4) is 0 Å². The van der Waals surface area contributed by atoms with E-state index in [9.17, 15) is 9.90 Å². The number of aryl methyl sites for hydroxylation is 2. The van der Waals surface area contributed by atoms with Gasteiger partial charge in [0.25, 0.3) is 0 Å². The molecule has 114 valence electrons. The van der Waals surface area contributed by atoms with E-state index < -0.39 is 11.7 Å². The van der Waals surface area contributed by atoms with Gasteiger partial charge in [-0.25, -0.2) is 9.78 Å². The molecule has 1 heterocycles. The molecule has 6 heteroatoms. The first kappa shape index (κ1) is 16.5. The fourth-order valence-corrected chi connectivity index (χ4v) is 1.77. The lowest BCUT2D eigenvalue weighted by Crippen LogP contribution is -2.36. The van der Waals surface area contributed by atoms with Crippen LogP contribution < -0.4 is 5.32 Å². The lowest BCUT2D eigenvalue weighted by Gasteiger charge is -2.21. The minimum absolute atomic E-state index is 0.000724. The number of amides is 1. The highest BCUT2D eigenvalue weighted by Crippen LogP contribution is 2.09. The molecule has 0 fully saturated rings. The van der Waals surface area contributed by atoms with Crippen LogP contribution in [0.4, 0.5) is 4.79 Å². The molecule has 1 unspecified atom stereocenters. The average Bonchev–Trinajstić information content (AvgIpc) is 2.73. The van der Waals surface area contributed by atoms with Gasteiger partial charge in [0.2, 0.25) is 0 Å². The van der Waals surface area contributed by atoms with Gasteiger partial charge in [-0.3, -0.25) is 0 Å². The number of imidazole rings is 1. The van der Waals surface area contributed by atoms with E-state index >= 15 is 0 Å². The maximum Gasteiger partial charge on any atom is 0.407 e. The summed E-state index contributed by atoms with van der Waals surface area (Å²) < 4.78 is 7.11. The van der Waals surface area contributed by atoms with E-state index in [2.05, 4.69) is 10.3 Å². The molecule has 2 N–H and O–H groups in total. The van der Waals surface area contributed by atoms with E-state index in [1.54, 1.807) is 6.20 Å². The van der Waals surface area contributed by atoms with Crippen LogP contribution in [0, 0.1) is 5.92 Å². The topological polar surface area (TPSA) is 76.4 Å². The van der Waals surface area contributed by atoms with Crippen LogP contribution in [0.25, 0.3) is 0 Å². The van der Waals surface area contributed by atoms with Gasteiger partial charge in [0.1, 0.15) is 11.4 Å². The van der Waals surface area contributed by atoms with Crippen LogP contribution >= 0.6 is 0 Å². The van der Waals surface area contributed by atoms with Gasteiger partial charge in [0, 0.05) is 39.0 Å². The fraction of sp³-hybridized carbons (Fsp3) is 0.714. The molecular formula is C14H25N3O3. The van der Waals surface area contributed by atoms with Crippen molar-refractivity contribution in [2.24, 2.45) is 13.0 Å². The molecule has 1 atom stereocenters. The van der Waals surface area contributed by atoms with Crippen molar-refractivity contribution in [1.82, 2.24) is 14.9 Å². The van der Waals surface area contributed by atoms with Crippen LogP contribution in [0.2, 0.25) is 0 Å². The van der Waals surface area contributed by atoms with Gasteiger partial charge in [0.15, 0.2) is 0 Å². The molecule has 20 heavy (non-hydrogen) atoms. The molecule has 0 aromatic carbocycles. The summed E-state index contributed by atoms with van der Waals surface area (Å²) in [4.78, 5) is 15.8. The quantitative estimate of drug-likeness (QED) is 0.829. The van der Waals surface area contributed by atoms with Gasteiger partial charge in [0.05, 0.1) is 0 Å². The van der Waals surface area contributed by atoms with Gasteiger partial charge >= 0.3 is 6.09 Å². The Labute approximate surface area is 120 Å². The fourth-order valence-electron chi connectivity index (χ4n) is 1.77. The van der Waals surface area contributed by atoms with Crippen molar-refractivity contribution in [3.05, 3.63) is 18.2 Å². The molecule has 1 amide bonds. The smallest absolute Gasteiger partial charge is 0.407 e. The van der Waals surface area contributed by atoms with Crippen molar-refractivity contribution < 1.29 is 14.6 Å². The van der Waals surface area contributed by atoms with Crippen LogP contribution in [0.1, 0.15) is 33.0 Å². The average molecular weight is 283 g/mol. The number of hydrogen-bond donors (Lipinski definition) is 2. The lowest BCUT2D eigenvalue weighted by atomic mass is 10.0. The number of aliphatic hydroxyl groups excluding tert-OH is 1. The Morgan fingerprint density at radius 1 is 1.55 bits per heavy atom. The summed E-state index contributed by atoms with van der Waals surface area (Å²) in [5.74, 6) is 0.972. The SMILES string of the molecule is Cn1ccnc1CCC(CO)CNC(=O)OC(C)(C)C.